The fourth-order valence-electron chi connectivity index (χ4n) is 1.09. The van der Waals surface area contributed by atoms with Gasteiger partial charge in [-0.1, -0.05) is 19.3 Å². The molecule has 44 valence electrons. The van der Waals surface area contributed by atoms with Crippen molar-refractivity contribution in [2.24, 2.45) is 5.41 Å². The van der Waals surface area contributed by atoms with Crippen LogP contribution in [0.25, 0.3) is 0 Å². The average Bonchev–Trinajstić information content (AvgIpc) is 1.64. The van der Waals surface area contributed by atoms with Gasteiger partial charge in [0.25, 0.3) is 0 Å². The molecule has 0 N–H and O–H groups in total. The molecule has 0 bridgehead atoms. The Morgan fingerprint density at radius 1 is 1.62 bits per heavy atom. The van der Waals surface area contributed by atoms with Crippen molar-refractivity contribution in [3.8, 4) is 11.8 Å². The van der Waals surface area contributed by atoms with Gasteiger partial charge in [0.1, 0.15) is 0 Å². The molecule has 0 aromatic rings. The molecule has 1 rings (SSSR count). The molecule has 1 aliphatic rings. The lowest BCUT2D eigenvalue weighted by molar-refractivity contribution is 0.394. The molecule has 0 heteroatoms. The standard InChI is InChI=1S/C8H12/c1-3-5-8(2)6-4-7-8/h3,5-6H2,1-2H3. The third kappa shape index (κ3) is 0.865. The van der Waals surface area contributed by atoms with Crippen molar-refractivity contribution in [1.29, 1.82) is 0 Å². The normalized spacial score (nSPS) is 32.8. The van der Waals surface area contributed by atoms with Gasteiger partial charge in [-0.2, -0.15) is 0 Å². The number of hydrogen-bond acceptors (Lipinski definition) is 0. The van der Waals surface area contributed by atoms with Gasteiger partial charge in [0.2, 0.25) is 0 Å². The molecule has 1 atom stereocenters. The summed E-state index contributed by atoms with van der Waals surface area (Å²) < 4.78 is 0. The van der Waals surface area contributed by atoms with Crippen LogP contribution in [0.2, 0.25) is 0 Å². The van der Waals surface area contributed by atoms with Crippen LogP contribution in [-0.4, -0.2) is 0 Å². The summed E-state index contributed by atoms with van der Waals surface area (Å²) in [7, 11) is 0. The Balaban J connectivity index is 2.37. The molecule has 0 fully saturated rings. The largest absolute Gasteiger partial charge is 0.101 e. The molecule has 0 aliphatic heterocycles. The lowest BCUT2D eigenvalue weighted by Crippen LogP contribution is -2.18. The maximum atomic E-state index is 3.17. The van der Waals surface area contributed by atoms with Crippen molar-refractivity contribution in [2.45, 2.75) is 33.1 Å². The molecule has 0 saturated heterocycles. The van der Waals surface area contributed by atoms with Crippen LogP contribution in [0.3, 0.4) is 0 Å². The van der Waals surface area contributed by atoms with E-state index >= 15 is 0 Å². The third-order valence-electron chi connectivity index (χ3n) is 1.67. The Hall–Kier alpha value is -0.440. The minimum Gasteiger partial charge on any atom is -0.101 e. The monoisotopic (exact) mass is 108 g/mol. The van der Waals surface area contributed by atoms with E-state index in [9.17, 15) is 0 Å². The maximum absolute atomic E-state index is 3.17. The van der Waals surface area contributed by atoms with E-state index in [1.807, 2.05) is 0 Å². The van der Waals surface area contributed by atoms with E-state index in [1.165, 1.54) is 12.8 Å². The summed E-state index contributed by atoms with van der Waals surface area (Å²) in [6.45, 7) is 4.46. The summed E-state index contributed by atoms with van der Waals surface area (Å²) in [5, 5.41) is 0. The molecule has 0 nitrogen and oxygen atoms in total. The van der Waals surface area contributed by atoms with Crippen LogP contribution in [0.15, 0.2) is 0 Å². The lowest BCUT2D eigenvalue weighted by atomic mass is 9.77. The third-order valence-corrected chi connectivity index (χ3v) is 1.67. The van der Waals surface area contributed by atoms with E-state index in [2.05, 4.69) is 25.7 Å². The van der Waals surface area contributed by atoms with Crippen molar-refractivity contribution in [1.82, 2.24) is 0 Å². The fraction of sp³-hybridized carbons (Fsp3) is 0.750. The van der Waals surface area contributed by atoms with Gasteiger partial charge in [-0.15, -0.1) is 5.92 Å². The number of rotatable bonds is 2. The van der Waals surface area contributed by atoms with E-state index < -0.39 is 0 Å². The second kappa shape index (κ2) is 1.82. The highest BCUT2D eigenvalue weighted by Crippen LogP contribution is 2.31. The summed E-state index contributed by atoms with van der Waals surface area (Å²) in [5.41, 5.74) is 0.411. The van der Waals surface area contributed by atoms with Gasteiger partial charge in [-0.05, 0) is 13.3 Å². The van der Waals surface area contributed by atoms with Gasteiger partial charge >= 0.3 is 0 Å². The van der Waals surface area contributed by atoms with Gasteiger partial charge in [-0.25, -0.2) is 0 Å². The quantitative estimate of drug-likeness (QED) is 0.476. The predicted molar refractivity (Wildman–Crippen MR) is 35.4 cm³/mol. The van der Waals surface area contributed by atoms with Crippen LogP contribution in [0.1, 0.15) is 33.1 Å². The predicted octanol–water partition coefficient (Wildman–Crippen LogP) is 2.20. The first-order valence-corrected chi connectivity index (χ1v) is 3.27. The Kier molecular flexibility index (Phi) is 1.29. The van der Waals surface area contributed by atoms with Crippen LogP contribution < -0.4 is 0 Å². The minimum absolute atomic E-state index is 0.411. The molecule has 0 aromatic heterocycles. The van der Waals surface area contributed by atoms with E-state index in [-0.39, 0.29) is 0 Å². The summed E-state index contributed by atoms with van der Waals surface area (Å²) in [6, 6.07) is 0. The van der Waals surface area contributed by atoms with Gasteiger partial charge in [0.15, 0.2) is 0 Å². The minimum atomic E-state index is 0.411. The second-order valence-electron chi connectivity index (χ2n) is 2.79. The Bertz CT molecular complexity index is 136. The van der Waals surface area contributed by atoms with Gasteiger partial charge < -0.3 is 0 Å². The zero-order valence-electron chi connectivity index (χ0n) is 5.62. The first-order chi connectivity index (χ1) is 3.77. The van der Waals surface area contributed by atoms with Crippen molar-refractivity contribution < 1.29 is 0 Å². The van der Waals surface area contributed by atoms with Gasteiger partial charge in [-0.3, -0.25) is 0 Å². The van der Waals surface area contributed by atoms with Crippen LogP contribution in [0, 0.1) is 17.3 Å². The Morgan fingerprint density at radius 2 is 2.25 bits per heavy atom. The van der Waals surface area contributed by atoms with Gasteiger partial charge in [0.05, 0.1) is 0 Å². The average molecular weight is 108 g/mol. The summed E-state index contributed by atoms with van der Waals surface area (Å²) in [6.07, 6.45) is 3.67. The maximum Gasteiger partial charge on any atom is 0.0395 e. The smallest absolute Gasteiger partial charge is 0.0395 e. The summed E-state index contributed by atoms with van der Waals surface area (Å²) >= 11 is 0. The molecule has 1 aliphatic carbocycles. The van der Waals surface area contributed by atoms with E-state index in [0.717, 1.165) is 6.42 Å². The summed E-state index contributed by atoms with van der Waals surface area (Å²) in [4.78, 5) is 0. The van der Waals surface area contributed by atoms with Gasteiger partial charge in [0, 0.05) is 11.8 Å². The molecular formula is C8H12. The molecular weight excluding hydrogens is 96.1 g/mol. The number of hydrogen-bond donors (Lipinski definition) is 0. The molecule has 0 radical (unpaired) electrons. The molecule has 8 heavy (non-hydrogen) atoms. The van der Waals surface area contributed by atoms with Crippen LogP contribution >= 0.6 is 0 Å². The van der Waals surface area contributed by atoms with E-state index in [1.54, 1.807) is 0 Å². The zero-order valence-corrected chi connectivity index (χ0v) is 5.62. The molecule has 0 heterocycles. The Labute approximate surface area is 51.3 Å². The highest BCUT2D eigenvalue weighted by molar-refractivity contribution is 5.23. The SMILES string of the molecule is CCCC1(C)C#CC1. The van der Waals surface area contributed by atoms with Crippen LogP contribution in [0.5, 0.6) is 0 Å². The molecule has 0 amide bonds. The highest BCUT2D eigenvalue weighted by atomic mass is 14.3. The van der Waals surface area contributed by atoms with Crippen LogP contribution in [-0.2, 0) is 0 Å². The topological polar surface area (TPSA) is 0 Å². The molecule has 0 saturated carbocycles. The first kappa shape index (κ1) is 5.69. The lowest BCUT2D eigenvalue weighted by Gasteiger charge is -2.25. The highest BCUT2D eigenvalue weighted by Gasteiger charge is 2.23. The van der Waals surface area contributed by atoms with Crippen molar-refractivity contribution in [3.63, 3.8) is 0 Å². The molecule has 0 aromatic carbocycles. The van der Waals surface area contributed by atoms with Crippen molar-refractivity contribution in [2.75, 3.05) is 0 Å². The first-order valence-electron chi connectivity index (χ1n) is 3.27. The van der Waals surface area contributed by atoms with Crippen molar-refractivity contribution >= 4 is 0 Å². The molecule has 0 spiro atoms. The molecule has 1 unspecified atom stereocenters. The zero-order chi connectivity index (χ0) is 6.04. The Morgan fingerprint density at radius 3 is 2.38 bits per heavy atom. The summed E-state index contributed by atoms with van der Waals surface area (Å²) in [5.74, 6) is 6.21. The fourth-order valence-corrected chi connectivity index (χ4v) is 1.09. The van der Waals surface area contributed by atoms with E-state index in [0.29, 0.717) is 5.41 Å². The second-order valence-corrected chi connectivity index (χ2v) is 2.79. The van der Waals surface area contributed by atoms with Crippen molar-refractivity contribution in [3.05, 3.63) is 0 Å². The van der Waals surface area contributed by atoms with E-state index in [4.69, 9.17) is 0 Å². The van der Waals surface area contributed by atoms with Crippen LogP contribution in [0.4, 0.5) is 0 Å².